The molecule has 4 rings (SSSR count). The number of carbonyl (C=O) groups excluding carboxylic acids is 6. The Bertz CT molecular complexity index is 2060. The second kappa shape index (κ2) is 23.4. The minimum atomic E-state index is -1.23. The lowest BCUT2D eigenvalue weighted by Crippen LogP contribution is -2.61. The van der Waals surface area contributed by atoms with Crippen LogP contribution in [0.2, 0.25) is 0 Å². The number of fused-ring (bicyclic) bond motifs is 1. The number of carboxylic acids is 1. The van der Waals surface area contributed by atoms with Crippen molar-refractivity contribution >= 4 is 52.4 Å². The van der Waals surface area contributed by atoms with E-state index >= 15 is 0 Å². The number of hydrogen-bond donors (Lipinski definition) is 9. The fourth-order valence-electron chi connectivity index (χ4n) is 7.69. The summed E-state index contributed by atoms with van der Waals surface area (Å²) in [5.41, 5.74) is 2.10. The molecule has 0 aliphatic carbocycles. The lowest BCUT2D eigenvalue weighted by atomic mass is 9.95. The number of phenols is 1. The Labute approximate surface area is 369 Å². The van der Waals surface area contributed by atoms with E-state index in [-0.39, 0.29) is 43.9 Å². The van der Waals surface area contributed by atoms with E-state index in [2.05, 4.69) is 36.9 Å². The molecule has 7 amide bonds. The van der Waals surface area contributed by atoms with Crippen LogP contribution in [0.4, 0.5) is 4.79 Å². The van der Waals surface area contributed by atoms with Crippen LogP contribution in [0.1, 0.15) is 91.2 Å². The molecule has 0 bridgehead atoms. The molecule has 0 saturated carbocycles. The number of hydrogen-bond acceptors (Lipinski definition) is 8. The summed E-state index contributed by atoms with van der Waals surface area (Å²) in [5, 5.41) is 37.4. The number of carbonyl (C=O) groups is 7. The second-order valence-electron chi connectivity index (χ2n) is 17.2. The molecule has 1 fully saturated rings. The molecular formula is C46H66N8O9. The minimum Gasteiger partial charge on any atom is -0.508 e. The van der Waals surface area contributed by atoms with Crippen LogP contribution in [0.15, 0.2) is 54.7 Å². The standard InChI is InChI=1S/C46H66N8O9/c1-8-27(5)38-43(59)50-36(21-26(3)4)44(60)54(7)37(23-30-25-48-33-19-18-31(55)24-32(30)33)42(58)49-35(22-29-15-11-10-12-16-29)40(56)47-20-14-13-17-34(41(57)52-38)51-46(63)53-39(45(61)62)28(6)9-2/h10-12,15-16,18-19,24-28,34-39,48,55H,8-9,13-14,17,20-23H2,1-7H3,(H,47,56)(H,49,58)(H,50,59)(H,52,57)(H,61,62)(H2,51,53,63)/t27-,28+,34-,35-,36-,37-,38+,39?/m0/s1. The van der Waals surface area contributed by atoms with Crippen molar-refractivity contribution < 1.29 is 43.8 Å². The summed E-state index contributed by atoms with van der Waals surface area (Å²) in [6, 6.07) is 6.10. The maximum Gasteiger partial charge on any atom is 0.326 e. The molecule has 2 aromatic carbocycles. The van der Waals surface area contributed by atoms with Crippen LogP contribution in [0, 0.1) is 17.8 Å². The van der Waals surface area contributed by atoms with E-state index in [1.165, 1.54) is 18.0 Å². The average Bonchev–Trinajstić information content (AvgIpc) is 3.65. The molecule has 17 heteroatoms. The number of phenolic OH excluding ortho intramolecular Hbond substituents is 1. The summed E-state index contributed by atoms with van der Waals surface area (Å²) >= 11 is 0. The van der Waals surface area contributed by atoms with Gasteiger partial charge in [-0.2, -0.15) is 0 Å². The molecule has 3 aromatic rings. The Balaban J connectivity index is 1.76. The van der Waals surface area contributed by atoms with Crippen molar-refractivity contribution in [2.45, 2.75) is 129 Å². The zero-order valence-corrected chi connectivity index (χ0v) is 37.5. The summed E-state index contributed by atoms with van der Waals surface area (Å²) < 4.78 is 0. The van der Waals surface area contributed by atoms with Gasteiger partial charge < -0.3 is 52.0 Å². The van der Waals surface area contributed by atoms with Crippen molar-refractivity contribution in [3.05, 3.63) is 65.9 Å². The molecular weight excluding hydrogens is 809 g/mol. The lowest BCUT2D eigenvalue weighted by molar-refractivity contribution is -0.143. The van der Waals surface area contributed by atoms with Crippen molar-refractivity contribution in [2.75, 3.05) is 13.6 Å². The third-order valence-electron chi connectivity index (χ3n) is 11.9. The van der Waals surface area contributed by atoms with E-state index in [0.29, 0.717) is 42.1 Å². The van der Waals surface area contributed by atoms with Crippen molar-refractivity contribution in [1.82, 2.24) is 41.8 Å². The monoisotopic (exact) mass is 874 g/mol. The Hall–Kier alpha value is -6.13. The van der Waals surface area contributed by atoms with Crippen LogP contribution >= 0.6 is 0 Å². The number of aromatic hydroxyl groups is 1. The van der Waals surface area contributed by atoms with Crippen LogP contribution < -0.4 is 31.9 Å². The number of nitrogens with zero attached hydrogens (tertiary/aromatic N) is 1. The normalized spacial score (nSPS) is 22.6. The summed E-state index contributed by atoms with van der Waals surface area (Å²) in [6.45, 7) is 11.0. The maximum absolute atomic E-state index is 14.7. The van der Waals surface area contributed by atoms with Gasteiger partial charge >= 0.3 is 12.0 Å². The molecule has 344 valence electrons. The molecule has 9 N–H and O–H groups in total. The number of aliphatic carboxylic acids is 1. The van der Waals surface area contributed by atoms with Crippen LogP contribution in [0.25, 0.3) is 10.9 Å². The number of carboxylic acid groups (broad SMARTS) is 1. The molecule has 63 heavy (non-hydrogen) atoms. The zero-order chi connectivity index (χ0) is 46.4. The predicted molar refractivity (Wildman–Crippen MR) is 238 cm³/mol. The first-order valence-corrected chi connectivity index (χ1v) is 22.0. The fraction of sp³-hybridized carbons (Fsp3) is 0.543. The lowest BCUT2D eigenvalue weighted by Gasteiger charge is -2.33. The Morgan fingerprint density at radius 3 is 2.19 bits per heavy atom. The molecule has 1 aromatic heterocycles. The Morgan fingerprint density at radius 1 is 0.841 bits per heavy atom. The molecule has 2 heterocycles. The quantitative estimate of drug-likeness (QED) is 0.122. The van der Waals surface area contributed by atoms with Gasteiger partial charge in [-0.1, -0.05) is 84.7 Å². The van der Waals surface area contributed by atoms with E-state index in [9.17, 15) is 43.8 Å². The number of rotatable bonds is 13. The summed E-state index contributed by atoms with van der Waals surface area (Å²) in [6.07, 6.45) is 3.67. The molecule has 17 nitrogen and oxygen atoms in total. The summed E-state index contributed by atoms with van der Waals surface area (Å²) in [7, 11) is 1.47. The average molecular weight is 875 g/mol. The molecule has 0 radical (unpaired) electrons. The Morgan fingerprint density at radius 2 is 1.54 bits per heavy atom. The third kappa shape index (κ3) is 13.9. The van der Waals surface area contributed by atoms with Gasteiger partial charge in [0.15, 0.2) is 0 Å². The van der Waals surface area contributed by atoms with E-state index < -0.39 is 89.6 Å². The molecule has 1 saturated heterocycles. The van der Waals surface area contributed by atoms with Crippen molar-refractivity contribution in [3.63, 3.8) is 0 Å². The van der Waals surface area contributed by atoms with Gasteiger partial charge in [0.05, 0.1) is 0 Å². The number of aromatic amines is 1. The highest BCUT2D eigenvalue weighted by Crippen LogP contribution is 2.25. The van der Waals surface area contributed by atoms with Gasteiger partial charge in [0.25, 0.3) is 0 Å². The molecule has 8 atom stereocenters. The number of likely N-dealkylation sites (N-methyl/N-ethyl adjacent to an activating group) is 1. The predicted octanol–water partition coefficient (Wildman–Crippen LogP) is 3.50. The Kier molecular flexibility index (Phi) is 18.4. The van der Waals surface area contributed by atoms with E-state index in [1.807, 2.05) is 51.1 Å². The highest BCUT2D eigenvalue weighted by atomic mass is 16.4. The zero-order valence-electron chi connectivity index (χ0n) is 37.5. The van der Waals surface area contributed by atoms with Crippen molar-refractivity contribution in [3.8, 4) is 5.75 Å². The maximum atomic E-state index is 14.7. The smallest absolute Gasteiger partial charge is 0.326 e. The van der Waals surface area contributed by atoms with Gasteiger partial charge in [0.2, 0.25) is 29.5 Å². The molecule has 1 aliphatic heterocycles. The van der Waals surface area contributed by atoms with Gasteiger partial charge in [-0.3, -0.25) is 24.0 Å². The topological polar surface area (TPSA) is 251 Å². The van der Waals surface area contributed by atoms with Gasteiger partial charge in [-0.05, 0) is 72.8 Å². The van der Waals surface area contributed by atoms with E-state index in [1.54, 1.807) is 39.1 Å². The second-order valence-corrected chi connectivity index (χ2v) is 17.2. The molecule has 1 unspecified atom stereocenters. The van der Waals surface area contributed by atoms with E-state index in [0.717, 1.165) is 5.56 Å². The van der Waals surface area contributed by atoms with Crippen molar-refractivity contribution in [2.24, 2.45) is 17.8 Å². The highest BCUT2D eigenvalue weighted by Gasteiger charge is 2.38. The van der Waals surface area contributed by atoms with Gasteiger partial charge in [-0.15, -0.1) is 0 Å². The molecule has 0 spiro atoms. The SMILES string of the molecule is CC[C@@H](C)C(NC(=O)N[C@H]1CCCCNC(=O)[C@H](Cc2ccccc2)NC(=O)[C@H](Cc2c[nH]c3ccc(O)cc23)N(C)C(=O)[C@H](CC(C)C)NC(=O)[C@@H]([C@@H](C)CC)NC1=O)C(=O)O. The number of H-pyrrole nitrogens is 1. The number of urea groups is 1. The largest absolute Gasteiger partial charge is 0.508 e. The fourth-order valence-corrected chi connectivity index (χ4v) is 7.69. The number of nitrogens with one attached hydrogen (secondary N) is 7. The number of amides is 7. The summed E-state index contributed by atoms with van der Waals surface area (Å²) in [5.74, 6) is -5.16. The summed E-state index contributed by atoms with van der Waals surface area (Å²) in [4.78, 5) is 101. The first kappa shape index (κ1) is 49.5. The van der Waals surface area contributed by atoms with Gasteiger partial charge in [0, 0.05) is 43.5 Å². The number of benzene rings is 2. The highest BCUT2D eigenvalue weighted by molar-refractivity contribution is 5.97. The van der Waals surface area contributed by atoms with Gasteiger partial charge in [-0.25, -0.2) is 9.59 Å². The first-order chi connectivity index (χ1) is 29.9. The minimum absolute atomic E-state index is 0.0128. The van der Waals surface area contributed by atoms with Crippen molar-refractivity contribution in [1.29, 1.82) is 0 Å². The molecule has 1 aliphatic rings. The van der Waals surface area contributed by atoms with Crippen LogP contribution in [0.3, 0.4) is 0 Å². The number of aromatic nitrogens is 1. The van der Waals surface area contributed by atoms with E-state index in [4.69, 9.17) is 0 Å². The first-order valence-electron chi connectivity index (χ1n) is 22.0. The van der Waals surface area contributed by atoms with Crippen LogP contribution in [-0.4, -0.2) is 111 Å². The third-order valence-corrected chi connectivity index (χ3v) is 11.9. The van der Waals surface area contributed by atoms with Crippen LogP contribution in [0.5, 0.6) is 5.75 Å². The van der Waals surface area contributed by atoms with Gasteiger partial charge in [0.1, 0.15) is 42.0 Å². The van der Waals surface area contributed by atoms with Crippen LogP contribution in [-0.2, 0) is 41.6 Å².